The normalized spacial score (nSPS) is 11.3. The van der Waals surface area contributed by atoms with Gasteiger partial charge in [-0.05, 0) is 27.7 Å². The molecule has 6 nitrogen and oxygen atoms in total. The summed E-state index contributed by atoms with van der Waals surface area (Å²) in [6, 6.07) is 0. The summed E-state index contributed by atoms with van der Waals surface area (Å²) in [5.74, 6) is -2.40. The number of rotatable bonds is 2. The van der Waals surface area contributed by atoms with Crippen LogP contribution in [0.3, 0.4) is 0 Å². The second kappa shape index (κ2) is 4.92. The van der Waals surface area contributed by atoms with Crippen LogP contribution in [0.5, 0.6) is 0 Å². The average molecular weight is 208 g/mol. The summed E-state index contributed by atoms with van der Waals surface area (Å²) in [5.41, 5.74) is -3.17. The molecule has 0 aromatic rings. The summed E-state index contributed by atoms with van der Waals surface area (Å²) in [7, 11) is 0. The van der Waals surface area contributed by atoms with Crippen molar-refractivity contribution in [2.45, 2.75) is 38.9 Å². The molecule has 0 aliphatic rings. The highest BCUT2D eigenvalue weighted by atomic mass is 16.4. The van der Waals surface area contributed by atoms with E-state index in [0.717, 1.165) is 0 Å². The Morgan fingerprint density at radius 1 is 0.786 bits per heavy atom. The lowest BCUT2D eigenvalue weighted by atomic mass is 10.1. The maximum Gasteiger partial charge on any atom is 0.335 e. The van der Waals surface area contributed by atoms with E-state index in [4.69, 9.17) is 20.4 Å². The zero-order valence-electron chi connectivity index (χ0n) is 8.61. The SMILES string of the molecule is CC(C)(O)C(=O)O.CC(C)(O)C(=O)O. The summed E-state index contributed by atoms with van der Waals surface area (Å²) < 4.78 is 0. The average Bonchev–Trinajstić information content (AvgIpc) is 1.83. The number of carbonyl (C=O) groups is 2. The maximum absolute atomic E-state index is 9.77. The fourth-order valence-electron chi connectivity index (χ4n) is 0. The predicted molar refractivity (Wildman–Crippen MR) is 47.9 cm³/mol. The van der Waals surface area contributed by atoms with Crippen LogP contribution in [0.25, 0.3) is 0 Å². The lowest BCUT2D eigenvalue weighted by molar-refractivity contribution is -0.155. The van der Waals surface area contributed by atoms with Gasteiger partial charge in [-0.3, -0.25) is 0 Å². The molecule has 0 saturated heterocycles. The van der Waals surface area contributed by atoms with E-state index in [1.54, 1.807) is 0 Å². The van der Waals surface area contributed by atoms with Crippen molar-refractivity contribution >= 4 is 11.9 Å². The van der Waals surface area contributed by atoms with E-state index in [9.17, 15) is 9.59 Å². The molecule has 0 heterocycles. The Hall–Kier alpha value is -1.14. The van der Waals surface area contributed by atoms with Crippen molar-refractivity contribution in [3.8, 4) is 0 Å². The topological polar surface area (TPSA) is 115 Å². The number of carboxylic acids is 2. The van der Waals surface area contributed by atoms with Gasteiger partial charge in [-0.25, -0.2) is 9.59 Å². The van der Waals surface area contributed by atoms with Crippen LogP contribution in [-0.2, 0) is 9.59 Å². The molecule has 0 amide bonds. The molecule has 4 N–H and O–H groups in total. The zero-order chi connectivity index (χ0) is 12.2. The molecule has 84 valence electrons. The van der Waals surface area contributed by atoms with Crippen LogP contribution in [0.1, 0.15) is 27.7 Å². The van der Waals surface area contributed by atoms with Gasteiger partial charge < -0.3 is 20.4 Å². The first-order valence-electron chi connectivity index (χ1n) is 3.80. The fourth-order valence-corrected chi connectivity index (χ4v) is 0. The molecule has 0 spiro atoms. The second-order valence-electron chi connectivity index (χ2n) is 3.73. The van der Waals surface area contributed by atoms with Crippen LogP contribution >= 0.6 is 0 Å². The van der Waals surface area contributed by atoms with Crippen molar-refractivity contribution < 1.29 is 30.0 Å². The standard InChI is InChI=1S/2C4H8O3/c2*1-4(2,7)3(5)6/h2*7H,1-2H3,(H,5,6). The highest BCUT2D eigenvalue weighted by Crippen LogP contribution is 1.98. The molecular formula is C8H16O6. The first kappa shape index (κ1) is 15.3. The summed E-state index contributed by atoms with van der Waals surface area (Å²) in [6.45, 7) is 4.87. The fraction of sp³-hybridized carbons (Fsp3) is 0.750. The van der Waals surface area contributed by atoms with Gasteiger partial charge in [0.1, 0.15) is 0 Å². The molecule has 0 unspecified atom stereocenters. The summed E-state index contributed by atoms with van der Waals surface area (Å²) in [5, 5.41) is 33.0. The minimum atomic E-state index is -1.58. The Balaban J connectivity index is 0. The van der Waals surface area contributed by atoms with Gasteiger partial charge in [0.05, 0.1) is 0 Å². The quantitative estimate of drug-likeness (QED) is 0.494. The van der Waals surface area contributed by atoms with Crippen molar-refractivity contribution in [2.24, 2.45) is 0 Å². The highest BCUT2D eigenvalue weighted by Gasteiger charge is 2.22. The monoisotopic (exact) mass is 208 g/mol. The lowest BCUT2D eigenvalue weighted by Crippen LogP contribution is -2.30. The van der Waals surface area contributed by atoms with E-state index in [2.05, 4.69) is 0 Å². The van der Waals surface area contributed by atoms with E-state index in [1.807, 2.05) is 0 Å². The minimum Gasteiger partial charge on any atom is -0.479 e. The van der Waals surface area contributed by atoms with Gasteiger partial charge in [-0.2, -0.15) is 0 Å². The van der Waals surface area contributed by atoms with Gasteiger partial charge in [0.25, 0.3) is 0 Å². The minimum absolute atomic E-state index is 1.20. The smallest absolute Gasteiger partial charge is 0.335 e. The lowest BCUT2D eigenvalue weighted by Gasteiger charge is -2.07. The molecule has 0 fully saturated rings. The summed E-state index contributed by atoms with van der Waals surface area (Å²) in [4.78, 5) is 19.5. The first-order valence-corrected chi connectivity index (χ1v) is 3.80. The number of hydrogen-bond acceptors (Lipinski definition) is 4. The number of hydrogen-bond donors (Lipinski definition) is 4. The Kier molecular flexibility index (Phi) is 5.39. The molecule has 0 aromatic heterocycles. The zero-order valence-corrected chi connectivity index (χ0v) is 8.61. The molecule has 0 bridgehead atoms. The van der Waals surface area contributed by atoms with E-state index >= 15 is 0 Å². The van der Waals surface area contributed by atoms with E-state index in [-0.39, 0.29) is 0 Å². The van der Waals surface area contributed by atoms with Crippen LogP contribution in [-0.4, -0.2) is 43.6 Å². The molecule has 0 aromatic carbocycles. The molecule has 0 rings (SSSR count). The summed E-state index contributed by atoms with van der Waals surface area (Å²) >= 11 is 0. The first-order chi connectivity index (χ1) is 5.89. The molecule has 14 heavy (non-hydrogen) atoms. The maximum atomic E-state index is 9.77. The molecular weight excluding hydrogens is 192 g/mol. The van der Waals surface area contributed by atoms with E-state index < -0.39 is 23.1 Å². The van der Waals surface area contributed by atoms with Gasteiger partial charge in [0.15, 0.2) is 11.2 Å². The van der Waals surface area contributed by atoms with Gasteiger partial charge in [-0.15, -0.1) is 0 Å². The Labute approximate surface area is 81.8 Å². The molecule has 0 saturated carbocycles. The van der Waals surface area contributed by atoms with Crippen molar-refractivity contribution in [3.63, 3.8) is 0 Å². The van der Waals surface area contributed by atoms with Gasteiger partial charge in [0, 0.05) is 0 Å². The molecule has 6 heteroatoms. The van der Waals surface area contributed by atoms with Crippen LogP contribution in [0.2, 0.25) is 0 Å². The van der Waals surface area contributed by atoms with Crippen LogP contribution in [0, 0.1) is 0 Å². The van der Waals surface area contributed by atoms with Crippen molar-refractivity contribution in [2.75, 3.05) is 0 Å². The third kappa shape index (κ3) is 8.95. The predicted octanol–water partition coefficient (Wildman–Crippen LogP) is -0.316. The number of carboxylic acid groups (broad SMARTS) is 2. The van der Waals surface area contributed by atoms with Crippen molar-refractivity contribution in [1.82, 2.24) is 0 Å². The largest absolute Gasteiger partial charge is 0.479 e. The Morgan fingerprint density at radius 2 is 0.857 bits per heavy atom. The number of aliphatic hydroxyl groups is 2. The highest BCUT2D eigenvalue weighted by molar-refractivity contribution is 5.76. The van der Waals surface area contributed by atoms with Crippen molar-refractivity contribution in [3.05, 3.63) is 0 Å². The number of aliphatic carboxylic acids is 2. The van der Waals surface area contributed by atoms with Crippen molar-refractivity contribution in [1.29, 1.82) is 0 Å². The van der Waals surface area contributed by atoms with Crippen LogP contribution in [0.4, 0.5) is 0 Å². The second-order valence-corrected chi connectivity index (χ2v) is 3.73. The van der Waals surface area contributed by atoms with E-state index in [1.165, 1.54) is 27.7 Å². The third-order valence-electron chi connectivity index (χ3n) is 1.05. The van der Waals surface area contributed by atoms with Gasteiger partial charge in [0.2, 0.25) is 0 Å². The molecule has 0 aliphatic heterocycles. The van der Waals surface area contributed by atoms with Crippen LogP contribution < -0.4 is 0 Å². The summed E-state index contributed by atoms with van der Waals surface area (Å²) in [6.07, 6.45) is 0. The third-order valence-corrected chi connectivity index (χ3v) is 1.05. The Morgan fingerprint density at radius 3 is 0.857 bits per heavy atom. The van der Waals surface area contributed by atoms with E-state index in [0.29, 0.717) is 0 Å². The van der Waals surface area contributed by atoms with Crippen LogP contribution in [0.15, 0.2) is 0 Å². The Bertz CT molecular complexity index is 183. The molecule has 0 aliphatic carbocycles. The van der Waals surface area contributed by atoms with Gasteiger partial charge in [-0.1, -0.05) is 0 Å². The molecule has 0 radical (unpaired) electrons. The molecule has 0 atom stereocenters. The van der Waals surface area contributed by atoms with Gasteiger partial charge >= 0.3 is 11.9 Å².